The third-order valence-electron chi connectivity index (χ3n) is 7.32. The van der Waals surface area contributed by atoms with Gasteiger partial charge in [-0.3, -0.25) is 0 Å². The fraction of sp³-hybridized carbons (Fsp3) is 0.700. The van der Waals surface area contributed by atoms with Crippen LogP contribution in [0.3, 0.4) is 0 Å². The Morgan fingerprint density at radius 3 is 2.90 bits per heavy atom. The van der Waals surface area contributed by atoms with E-state index in [0.29, 0.717) is 5.41 Å². The Kier molecular flexibility index (Phi) is 3.10. The highest BCUT2D eigenvalue weighted by Crippen LogP contribution is 2.62. The second-order valence-corrected chi connectivity index (χ2v) is 7.92. The van der Waals surface area contributed by atoms with Gasteiger partial charge in [0, 0.05) is 6.07 Å². The van der Waals surface area contributed by atoms with Gasteiger partial charge in [-0.1, -0.05) is 13.8 Å². The SMILES string of the molecule is COc1[c]cc2c(c1)[C@H]1CC[C@]3(C)[C@@H](C)CC[C@H]3[C@@H]1CC2. The van der Waals surface area contributed by atoms with Crippen molar-refractivity contribution in [3.05, 3.63) is 29.3 Å². The average molecular weight is 283 g/mol. The normalized spacial score (nSPS) is 41.1. The van der Waals surface area contributed by atoms with Crippen LogP contribution in [-0.4, -0.2) is 7.11 Å². The summed E-state index contributed by atoms with van der Waals surface area (Å²) >= 11 is 0. The first-order chi connectivity index (χ1) is 10.1. The molecule has 3 aliphatic carbocycles. The maximum atomic E-state index is 5.43. The monoisotopic (exact) mass is 283 g/mol. The number of benzene rings is 1. The van der Waals surface area contributed by atoms with E-state index in [2.05, 4.69) is 32.0 Å². The molecule has 0 unspecified atom stereocenters. The molecular weight excluding hydrogens is 256 g/mol. The van der Waals surface area contributed by atoms with Crippen LogP contribution < -0.4 is 4.74 Å². The molecule has 1 radical (unpaired) electrons. The van der Waals surface area contributed by atoms with Crippen LogP contribution in [0, 0.1) is 29.2 Å². The van der Waals surface area contributed by atoms with Gasteiger partial charge in [0.25, 0.3) is 0 Å². The number of hydrogen-bond donors (Lipinski definition) is 0. The summed E-state index contributed by atoms with van der Waals surface area (Å²) in [4.78, 5) is 0. The van der Waals surface area contributed by atoms with E-state index in [1.807, 2.05) is 0 Å². The van der Waals surface area contributed by atoms with Crippen LogP contribution in [0.4, 0.5) is 0 Å². The van der Waals surface area contributed by atoms with Gasteiger partial charge in [0.2, 0.25) is 0 Å². The van der Waals surface area contributed by atoms with Crippen molar-refractivity contribution in [3.8, 4) is 5.75 Å². The highest BCUT2D eigenvalue weighted by Gasteiger charge is 2.53. The molecule has 5 atom stereocenters. The Morgan fingerprint density at radius 2 is 2.10 bits per heavy atom. The summed E-state index contributed by atoms with van der Waals surface area (Å²) < 4.78 is 5.43. The lowest BCUT2D eigenvalue weighted by Crippen LogP contribution is -2.41. The van der Waals surface area contributed by atoms with Gasteiger partial charge in [-0.25, -0.2) is 0 Å². The molecule has 0 spiro atoms. The summed E-state index contributed by atoms with van der Waals surface area (Å²) in [5.74, 6) is 4.48. The van der Waals surface area contributed by atoms with Crippen molar-refractivity contribution < 1.29 is 4.74 Å². The van der Waals surface area contributed by atoms with Crippen molar-refractivity contribution in [1.82, 2.24) is 0 Å². The van der Waals surface area contributed by atoms with Gasteiger partial charge in [0.1, 0.15) is 5.75 Å². The van der Waals surface area contributed by atoms with Crippen LogP contribution >= 0.6 is 0 Å². The van der Waals surface area contributed by atoms with Crippen LogP contribution in [0.15, 0.2) is 12.1 Å². The van der Waals surface area contributed by atoms with Gasteiger partial charge in [-0.05, 0) is 90.9 Å². The maximum absolute atomic E-state index is 5.43. The lowest BCUT2D eigenvalue weighted by molar-refractivity contribution is 0.0336. The van der Waals surface area contributed by atoms with E-state index in [4.69, 9.17) is 4.74 Å². The van der Waals surface area contributed by atoms with Crippen LogP contribution in [0.5, 0.6) is 5.75 Å². The molecule has 0 bridgehead atoms. The highest BCUT2D eigenvalue weighted by atomic mass is 16.5. The van der Waals surface area contributed by atoms with Crippen molar-refractivity contribution in [2.45, 2.75) is 58.3 Å². The van der Waals surface area contributed by atoms with Gasteiger partial charge in [-0.2, -0.15) is 0 Å². The number of ether oxygens (including phenoxy) is 1. The number of fused-ring (bicyclic) bond motifs is 5. The van der Waals surface area contributed by atoms with Gasteiger partial charge in [-0.15, -0.1) is 0 Å². The zero-order chi connectivity index (χ0) is 14.6. The maximum Gasteiger partial charge on any atom is 0.127 e. The summed E-state index contributed by atoms with van der Waals surface area (Å²) in [6.45, 7) is 5.08. The lowest BCUT2D eigenvalue weighted by Gasteiger charge is -2.50. The number of hydrogen-bond acceptors (Lipinski definition) is 1. The van der Waals surface area contributed by atoms with E-state index >= 15 is 0 Å². The molecule has 2 saturated carbocycles. The molecule has 3 aliphatic rings. The first-order valence-electron chi connectivity index (χ1n) is 8.72. The minimum atomic E-state index is 0.615. The zero-order valence-electron chi connectivity index (χ0n) is 13.6. The Labute approximate surface area is 129 Å². The van der Waals surface area contributed by atoms with E-state index < -0.39 is 0 Å². The fourth-order valence-electron chi connectivity index (χ4n) is 5.86. The molecule has 1 aromatic rings. The molecule has 0 aromatic heterocycles. The second kappa shape index (κ2) is 4.76. The van der Waals surface area contributed by atoms with Gasteiger partial charge < -0.3 is 4.74 Å². The first-order valence-corrected chi connectivity index (χ1v) is 8.72. The summed E-state index contributed by atoms with van der Waals surface area (Å²) in [6.07, 6.45) is 8.35. The van der Waals surface area contributed by atoms with Crippen LogP contribution in [0.25, 0.3) is 0 Å². The zero-order valence-corrected chi connectivity index (χ0v) is 13.6. The smallest absolute Gasteiger partial charge is 0.127 e. The van der Waals surface area contributed by atoms with Crippen LogP contribution in [0.1, 0.15) is 63.0 Å². The highest BCUT2D eigenvalue weighted by molar-refractivity contribution is 5.40. The summed E-state index contributed by atoms with van der Waals surface area (Å²) in [5.41, 5.74) is 3.74. The summed E-state index contributed by atoms with van der Waals surface area (Å²) in [7, 11) is 1.76. The second-order valence-electron chi connectivity index (χ2n) is 7.92. The van der Waals surface area contributed by atoms with Crippen molar-refractivity contribution in [2.75, 3.05) is 7.11 Å². The summed E-state index contributed by atoms with van der Waals surface area (Å²) in [6, 6.07) is 7.76. The first kappa shape index (κ1) is 13.7. The van der Waals surface area contributed by atoms with Crippen LogP contribution in [-0.2, 0) is 6.42 Å². The predicted octanol–water partition coefficient (Wildman–Crippen LogP) is 4.99. The molecule has 0 heterocycles. The molecule has 1 aromatic carbocycles. The quantitative estimate of drug-likeness (QED) is 0.705. The molecule has 4 rings (SSSR count). The Bertz CT molecular complexity index is 549. The van der Waals surface area contributed by atoms with Crippen molar-refractivity contribution >= 4 is 0 Å². The van der Waals surface area contributed by atoms with E-state index in [-0.39, 0.29) is 0 Å². The van der Waals surface area contributed by atoms with Crippen LogP contribution in [0.2, 0.25) is 0 Å². The standard InChI is InChI=1S/C20H27O/c1-13-4-9-19-17-8-6-14-5-7-15(21-3)12-18(14)16(17)10-11-20(13,19)2/h5,12-13,16-17,19H,4,6,8-11H2,1-3H3/t13-,16-,17+,19-,20+/m0/s1. The van der Waals surface area contributed by atoms with Crippen molar-refractivity contribution in [1.29, 1.82) is 0 Å². The minimum absolute atomic E-state index is 0.615. The number of rotatable bonds is 1. The molecule has 2 fully saturated rings. The third-order valence-corrected chi connectivity index (χ3v) is 7.32. The molecule has 1 nitrogen and oxygen atoms in total. The average Bonchev–Trinajstić information content (AvgIpc) is 2.82. The van der Waals surface area contributed by atoms with Crippen molar-refractivity contribution in [2.24, 2.45) is 23.2 Å². The third kappa shape index (κ3) is 1.89. The molecule has 0 aliphatic heterocycles. The largest absolute Gasteiger partial charge is 0.496 e. The Hall–Kier alpha value is -0.980. The topological polar surface area (TPSA) is 9.23 Å². The van der Waals surface area contributed by atoms with Crippen molar-refractivity contribution in [3.63, 3.8) is 0 Å². The fourth-order valence-corrected chi connectivity index (χ4v) is 5.86. The molecule has 21 heavy (non-hydrogen) atoms. The van der Waals surface area contributed by atoms with E-state index in [9.17, 15) is 0 Å². The number of methoxy groups -OCH3 is 1. The van der Waals surface area contributed by atoms with Gasteiger partial charge >= 0.3 is 0 Å². The Balaban J connectivity index is 1.71. The molecular formula is C20H27O. The summed E-state index contributed by atoms with van der Waals surface area (Å²) in [5, 5.41) is 0. The molecule has 113 valence electrons. The number of aryl methyl sites for hydroxylation is 1. The van der Waals surface area contributed by atoms with Gasteiger partial charge in [0.05, 0.1) is 7.11 Å². The van der Waals surface area contributed by atoms with E-state index in [0.717, 1.165) is 29.4 Å². The molecule has 0 N–H and O–H groups in total. The van der Waals surface area contributed by atoms with E-state index in [1.165, 1.54) is 44.1 Å². The van der Waals surface area contributed by atoms with E-state index in [1.54, 1.807) is 12.7 Å². The Morgan fingerprint density at radius 1 is 1.24 bits per heavy atom. The molecule has 1 heteroatoms. The predicted molar refractivity (Wildman–Crippen MR) is 85.6 cm³/mol. The molecule has 0 saturated heterocycles. The van der Waals surface area contributed by atoms with Gasteiger partial charge in [0.15, 0.2) is 0 Å². The molecule has 0 amide bonds. The minimum Gasteiger partial charge on any atom is -0.496 e. The lowest BCUT2D eigenvalue weighted by atomic mass is 9.54.